The number of alkyl halides is 1. The smallest absolute Gasteiger partial charge is 0.341 e. The highest BCUT2D eigenvalue weighted by Crippen LogP contribution is 2.22. The van der Waals surface area contributed by atoms with Gasteiger partial charge in [-0.15, -0.1) is 0 Å². The average molecular weight is 344 g/mol. The SMILES string of the molecule is CCOC(=O)c1cnn(-c2ccc(Cl)cc2CBr)c1. The van der Waals surface area contributed by atoms with Gasteiger partial charge in [-0.2, -0.15) is 5.10 Å². The van der Waals surface area contributed by atoms with Crippen molar-refractivity contribution in [2.75, 3.05) is 6.61 Å². The number of carbonyl (C=O) groups excluding carboxylic acids is 1. The van der Waals surface area contributed by atoms with Crippen LogP contribution < -0.4 is 0 Å². The fraction of sp³-hybridized carbons (Fsp3) is 0.231. The standard InChI is InChI=1S/C13H12BrClN2O2/c1-2-19-13(18)10-7-16-17(8-10)12-4-3-11(15)5-9(12)6-14/h3-5,7-8H,2,6H2,1H3. The van der Waals surface area contributed by atoms with Crippen LogP contribution in [0.3, 0.4) is 0 Å². The fourth-order valence-corrected chi connectivity index (χ4v) is 2.30. The highest BCUT2D eigenvalue weighted by Gasteiger charge is 2.12. The minimum absolute atomic E-state index is 0.345. The van der Waals surface area contributed by atoms with Crippen LogP contribution in [0.2, 0.25) is 5.02 Å². The average Bonchev–Trinajstić information content (AvgIpc) is 2.88. The number of hydrogen-bond acceptors (Lipinski definition) is 3. The normalized spacial score (nSPS) is 10.5. The van der Waals surface area contributed by atoms with Gasteiger partial charge in [-0.25, -0.2) is 9.48 Å². The number of esters is 1. The van der Waals surface area contributed by atoms with Crippen LogP contribution in [0.1, 0.15) is 22.8 Å². The third-order valence-electron chi connectivity index (χ3n) is 2.53. The summed E-state index contributed by atoms with van der Waals surface area (Å²) in [6.45, 7) is 2.11. The summed E-state index contributed by atoms with van der Waals surface area (Å²) in [5.41, 5.74) is 2.29. The first-order valence-corrected chi connectivity index (χ1v) is 7.22. The van der Waals surface area contributed by atoms with Crippen LogP contribution in [0.4, 0.5) is 0 Å². The zero-order valence-electron chi connectivity index (χ0n) is 10.3. The van der Waals surface area contributed by atoms with Gasteiger partial charge in [0.2, 0.25) is 0 Å². The van der Waals surface area contributed by atoms with E-state index in [-0.39, 0.29) is 5.97 Å². The molecule has 1 aromatic heterocycles. The van der Waals surface area contributed by atoms with E-state index >= 15 is 0 Å². The largest absolute Gasteiger partial charge is 0.462 e. The van der Waals surface area contributed by atoms with E-state index in [4.69, 9.17) is 16.3 Å². The van der Waals surface area contributed by atoms with Crippen LogP contribution in [-0.2, 0) is 10.1 Å². The summed E-state index contributed by atoms with van der Waals surface area (Å²) in [4.78, 5) is 11.6. The molecule has 4 nitrogen and oxygen atoms in total. The minimum Gasteiger partial charge on any atom is -0.462 e. The lowest BCUT2D eigenvalue weighted by Crippen LogP contribution is -2.03. The maximum Gasteiger partial charge on any atom is 0.341 e. The van der Waals surface area contributed by atoms with Crippen LogP contribution in [0.15, 0.2) is 30.6 Å². The van der Waals surface area contributed by atoms with Crippen molar-refractivity contribution in [1.29, 1.82) is 0 Å². The molecule has 6 heteroatoms. The van der Waals surface area contributed by atoms with E-state index in [0.717, 1.165) is 11.3 Å². The van der Waals surface area contributed by atoms with Gasteiger partial charge in [0, 0.05) is 16.5 Å². The Kier molecular flexibility index (Phi) is 4.61. The Balaban J connectivity index is 2.35. The lowest BCUT2D eigenvalue weighted by molar-refractivity contribution is 0.0526. The van der Waals surface area contributed by atoms with Crippen LogP contribution in [0.25, 0.3) is 5.69 Å². The zero-order chi connectivity index (χ0) is 13.8. The van der Waals surface area contributed by atoms with Crippen LogP contribution in [-0.4, -0.2) is 22.4 Å². The molecular formula is C13H12BrClN2O2. The number of aromatic nitrogens is 2. The van der Waals surface area contributed by atoms with Crippen LogP contribution >= 0.6 is 27.5 Å². The van der Waals surface area contributed by atoms with Crippen molar-refractivity contribution in [1.82, 2.24) is 9.78 Å². The Morgan fingerprint density at radius 2 is 2.32 bits per heavy atom. The summed E-state index contributed by atoms with van der Waals surface area (Å²) in [6.07, 6.45) is 3.14. The molecule has 1 aromatic carbocycles. The monoisotopic (exact) mass is 342 g/mol. The number of rotatable bonds is 4. The van der Waals surface area contributed by atoms with Gasteiger partial charge in [-0.1, -0.05) is 27.5 Å². The number of hydrogen-bond donors (Lipinski definition) is 0. The fourth-order valence-electron chi connectivity index (χ4n) is 1.66. The van der Waals surface area contributed by atoms with Gasteiger partial charge >= 0.3 is 5.97 Å². The second-order valence-electron chi connectivity index (χ2n) is 3.80. The van der Waals surface area contributed by atoms with Gasteiger partial charge in [-0.05, 0) is 30.7 Å². The molecule has 1 heterocycles. The van der Waals surface area contributed by atoms with Gasteiger partial charge in [0.1, 0.15) is 0 Å². The van der Waals surface area contributed by atoms with Crippen molar-refractivity contribution in [3.05, 3.63) is 46.7 Å². The molecule has 0 saturated heterocycles. The first-order chi connectivity index (χ1) is 9.15. The number of carbonyl (C=O) groups is 1. The van der Waals surface area contributed by atoms with Crippen molar-refractivity contribution in [2.45, 2.75) is 12.3 Å². The molecule has 0 fully saturated rings. The summed E-state index contributed by atoms with van der Waals surface area (Å²) >= 11 is 9.36. The van der Waals surface area contributed by atoms with Crippen molar-refractivity contribution in [2.24, 2.45) is 0 Å². The molecule has 2 aromatic rings. The van der Waals surface area contributed by atoms with Gasteiger partial charge in [0.25, 0.3) is 0 Å². The minimum atomic E-state index is -0.372. The molecule has 0 aliphatic heterocycles. The van der Waals surface area contributed by atoms with Crippen molar-refractivity contribution in [3.8, 4) is 5.69 Å². The second kappa shape index (κ2) is 6.21. The summed E-state index contributed by atoms with van der Waals surface area (Å²) in [7, 11) is 0. The highest BCUT2D eigenvalue weighted by molar-refractivity contribution is 9.08. The molecular weight excluding hydrogens is 332 g/mol. The zero-order valence-corrected chi connectivity index (χ0v) is 12.6. The molecule has 0 aliphatic carbocycles. The van der Waals surface area contributed by atoms with E-state index in [1.54, 1.807) is 23.9 Å². The Labute approximate surface area is 124 Å². The van der Waals surface area contributed by atoms with Crippen LogP contribution in [0, 0.1) is 0 Å². The molecule has 0 spiro atoms. The Morgan fingerprint density at radius 3 is 3.00 bits per heavy atom. The van der Waals surface area contributed by atoms with E-state index in [9.17, 15) is 4.79 Å². The molecule has 0 amide bonds. The Morgan fingerprint density at radius 1 is 1.53 bits per heavy atom. The molecule has 0 saturated carbocycles. The topological polar surface area (TPSA) is 44.1 Å². The first kappa shape index (κ1) is 14.1. The molecule has 0 N–H and O–H groups in total. The first-order valence-electron chi connectivity index (χ1n) is 5.72. The predicted molar refractivity (Wildman–Crippen MR) is 77.2 cm³/mol. The summed E-state index contributed by atoms with van der Waals surface area (Å²) in [6, 6.07) is 5.51. The maximum absolute atomic E-state index is 11.6. The molecule has 0 atom stereocenters. The number of nitrogens with zero attached hydrogens (tertiary/aromatic N) is 2. The van der Waals surface area contributed by atoms with Crippen molar-refractivity contribution in [3.63, 3.8) is 0 Å². The molecule has 2 rings (SSSR count). The Hall–Kier alpha value is -1.33. The highest BCUT2D eigenvalue weighted by atomic mass is 79.9. The Bertz CT molecular complexity index is 598. The lowest BCUT2D eigenvalue weighted by Gasteiger charge is -2.07. The number of benzene rings is 1. The molecule has 19 heavy (non-hydrogen) atoms. The van der Waals surface area contributed by atoms with Gasteiger partial charge in [-0.3, -0.25) is 0 Å². The number of halogens is 2. The van der Waals surface area contributed by atoms with Crippen molar-refractivity contribution < 1.29 is 9.53 Å². The molecule has 0 unspecified atom stereocenters. The quantitative estimate of drug-likeness (QED) is 0.629. The molecule has 100 valence electrons. The van der Waals surface area contributed by atoms with Gasteiger partial charge in [0.05, 0.1) is 24.1 Å². The van der Waals surface area contributed by atoms with Gasteiger partial charge in [0.15, 0.2) is 0 Å². The third kappa shape index (κ3) is 3.16. The van der Waals surface area contributed by atoms with Crippen LogP contribution in [0.5, 0.6) is 0 Å². The van der Waals surface area contributed by atoms with E-state index < -0.39 is 0 Å². The summed E-state index contributed by atoms with van der Waals surface area (Å²) < 4.78 is 6.57. The maximum atomic E-state index is 11.6. The van der Waals surface area contributed by atoms with E-state index in [0.29, 0.717) is 22.5 Å². The lowest BCUT2D eigenvalue weighted by atomic mass is 10.2. The summed E-state index contributed by atoms with van der Waals surface area (Å²) in [5, 5.41) is 5.49. The third-order valence-corrected chi connectivity index (χ3v) is 3.37. The summed E-state index contributed by atoms with van der Waals surface area (Å²) in [5.74, 6) is -0.372. The number of ether oxygens (including phenoxy) is 1. The molecule has 0 aliphatic rings. The second-order valence-corrected chi connectivity index (χ2v) is 4.80. The predicted octanol–water partition coefficient (Wildman–Crippen LogP) is 3.60. The molecule has 0 bridgehead atoms. The van der Waals surface area contributed by atoms with Gasteiger partial charge < -0.3 is 4.74 Å². The van der Waals surface area contributed by atoms with E-state index in [2.05, 4.69) is 21.0 Å². The van der Waals surface area contributed by atoms with Crippen molar-refractivity contribution >= 4 is 33.5 Å². The van der Waals surface area contributed by atoms with E-state index in [1.165, 1.54) is 6.20 Å². The molecule has 0 radical (unpaired) electrons. The van der Waals surface area contributed by atoms with E-state index in [1.807, 2.05) is 12.1 Å².